The maximum atomic E-state index is 12.3. The molecule has 1 amide bonds. The highest BCUT2D eigenvalue weighted by Gasteiger charge is 2.16. The van der Waals surface area contributed by atoms with Crippen molar-refractivity contribution in [3.8, 4) is 5.75 Å². The molecule has 1 heterocycles. The molecule has 0 aliphatic rings. The molecule has 6 heteroatoms. The number of nitrogens with zero attached hydrogens (tertiary/aromatic N) is 1. The van der Waals surface area contributed by atoms with Gasteiger partial charge in [-0.05, 0) is 50.6 Å². The van der Waals surface area contributed by atoms with Crippen LogP contribution in [0.4, 0.5) is 0 Å². The van der Waals surface area contributed by atoms with Gasteiger partial charge in [-0.25, -0.2) is 4.98 Å². The Hall–Kier alpha value is -1.78. The number of carbonyl (C=O) groups excluding carboxylic acids is 1. The Balaban J connectivity index is 2.12. The zero-order valence-corrected chi connectivity index (χ0v) is 14.7. The highest BCUT2D eigenvalue weighted by Crippen LogP contribution is 2.22. The molecule has 0 radical (unpaired) electrons. The lowest BCUT2D eigenvalue weighted by molar-refractivity contribution is 0.0939. The molecular weight excluding hydrogens is 335 g/mol. The Morgan fingerprint density at radius 1 is 1.17 bits per heavy atom. The number of halogens is 2. The van der Waals surface area contributed by atoms with E-state index >= 15 is 0 Å². The van der Waals surface area contributed by atoms with Crippen LogP contribution in [-0.2, 0) is 0 Å². The fraction of sp³-hybridized carbons (Fsp3) is 0.294. The van der Waals surface area contributed by atoms with E-state index in [1.807, 2.05) is 45.0 Å². The summed E-state index contributed by atoms with van der Waals surface area (Å²) >= 11 is 11.7. The molecule has 2 aromatic rings. The van der Waals surface area contributed by atoms with E-state index < -0.39 is 0 Å². The van der Waals surface area contributed by atoms with Crippen LogP contribution in [0.5, 0.6) is 5.75 Å². The smallest absolute Gasteiger partial charge is 0.254 e. The summed E-state index contributed by atoms with van der Waals surface area (Å²) in [6.45, 7) is 5.82. The molecule has 122 valence electrons. The largest absolute Gasteiger partial charge is 0.491 e. The van der Waals surface area contributed by atoms with Crippen molar-refractivity contribution in [2.45, 2.75) is 32.9 Å². The van der Waals surface area contributed by atoms with Crippen molar-refractivity contribution in [2.75, 3.05) is 0 Å². The Morgan fingerprint density at radius 3 is 2.57 bits per heavy atom. The van der Waals surface area contributed by atoms with Gasteiger partial charge in [-0.1, -0.05) is 35.3 Å². The summed E-state index contributed by atoms with van der Waals surface area (Å²) in [5, 5.41) is 3.22. The number of carbonyl (C=O) groups is 1. The maximum absolute atomic E-state index is 12.3. The summed E-state index contributed by atoms with van der Waals surface area (Å²) in [6.07, 6.45) is 0.0918. The van der Waals surface area contributed by atoms with Gasteiger partial charge in [-0.15, -0.1) is 0 Å². The summed E-state index contributed by atoms with van der Waals surface area (Å²) in [7, 11) is 0. The molecule has 1 unspecified atom stereocenters. The lowest BCUT2D eigenvalue weighted by atomic mass is 10.1. The average molecular weight is 353 g/mol. The first-order valence-electron chi connectivity index (χ1n) is 7.26. The number of ether oxygens (including phenoxy) is 1. The third kappa shape index (κ3) is 4.85. The summed E-state index contributed by atoms with van der Waals surface area (Å²) in [5.41, 5.74) is 1.23. The molecule has 0 fully saturated rings. The third-order valence-electron chi connectivity index (χ3n) is 3.14. The molecule has 0 saturated heterocycles. The van der Waals surface area contributed by atoms with Crippen LogP contribution in [0, 0.1) is 0 Å². The first-order chi connectivity index (χ1) is 10.9. The Labute approximate surface area is 145 Å². The normalized spacial score (nSPS) is 12.1. The molecule has 4 nitrogen and oxygen atoms in total. The maximum Gasteiger partial charge on any atom is 0.254 e. The lowest BCUT2D eigenvalue weighted by Gasteiger charge is -2.17. The Bertz CT molecular complexity index is 705. The van der Waals surface area contributed by atoms with Crippen molar-refractivity contribution in [2.24, 2.45) is 0 Å². The molecule has 1 N–H and O–H groups in total. The van der Waals surface area contributed by atoms with Crippen molar-refractivity contribution in [1.82, 2.24) is 10.3 Å². The minimum Gasteiger partial charge on any atom is -0.491 e. The van der Waals surface area contributed by atoms with Gasteiger partial charge in [0.15, 0.2) is 0 Å². The molecule has 1 aromatic carbocycles. The minimum absolute atomic E-state index is 0.0825. The number of rotatable bonds is 5. The predicted octanol–water partition coefficient (Wildman–Crippen LogP) is 4.67. The summed E-state index contributed by atoms with van der Waals surface area (Å²) in [5.74, 6) is 0.464. The zero-order valence-electron chi connectivity index (χ0n) is 13.1. The van der Waals surface area contributed by atoms with Gasteiger partial charge in [-0.2, -0.15) is 0 Å². The van der Waals surface area contributed by atoms with Crippen LogP contribution in [0.2, 0.25) is 10.3 Å². The van der Waals surface area contributed by atoms with Crippen molar-refractivity contribution >= 4 is 29.1 Å². The monoisotopic (exact) mass is 352 g/mol. The standard InChI is InChI=1S/C17H18Cl2N2O2/c1-10(2)23-13-6-4-5-12(9-13)11(3)20-17(22)14-7-8-15(18)21-16(14)19/h4-11H,1-3H3,(H,20,22). The van der Waals surface area contributed by atoms with Gasteiger partial charge >= 0.3 is 0 Å². The van der Waals surface area contributed by atoms with Crippen LogP contribution < -0.4 is 10.1 Å². The van der Waals surface area contributed by atoms with Crippen LogP contribution >= 0.6 is 23.2 Å². The van der Waals surface area contributed by atoms with Crippen molar-refractivity contribution in [3.63, 3.8) is 0 Å². The fourth-order valence-corrected chi connectivity index (χ4v) is 2.50. The molecule has 23 heavy (non-hydrogen) atoms. The molecule has 0 aliphatic carbocycles. The van der Waals surface area contributed by atoms with E-state index in [9.17, 15) is 4.79 Å². The summed E-state index contributed by atoms with van der Waals surface area (Å²) in [6, 6.07) is 10.5. The quantitative estimate of drug-likeness (QED) is 0.795. The second-order valence-corrected chi connectivity index (χ2v) is 6.15. The topological polar surface area (TPSA) is 51.2 Å². The summed E-state index contributed by atoms with van der Waals surface area (Å²) in [4.78, 5) is 16.2. The van der Waals surface area contributed by atoms with Gasteiger partial charge in [0.05, 0.1) is 17.7 Å². The number of hydrogen-bond donors (Lipinski definition) is 1. The van der Waals surface area contributed by atoms with Gasteiger partial charge in [0, 0.05) is 0 Å². The third-order valence-corrected chi connectivity index (χ3v) is 3.64. The van der Waals surface area contributed by atoms with Gasteiger partial charge in [0.2, 0.25) is 0 Å². The van der Waals surface area contributed by atoms with Crippen LogP contribution in [0.1, 0.15) is 42.7 Å². The van der Waals surface area contributed by atoms with Gasteiger partial charge in [-0.3, -0.25) is 4.79 Å². The number of benzene rings is 1. The average Bonchev–Trinajstić information content (AvgIpc) is 2.46. The van der Waals surface area contributed by atoms with E-state index in [4.69, 9.17) is 27.9 Å². The lowest BCUT2D eigenvalue weighted by Crippen LogP contribution is -2.27. The minimum atomic E-state index is -0.304. The van der Waals surface area contributed by atoms with Crippen molar-refractivity contribution in [3.05, 3.63) is 57.8 Å². The van der Waals surface area contributed by atoms with E-state index in [1.165, 1.54) is 6.07 Å². The highest BCUT2D eigenvalue weighted by molar-refractivity contribution is 6.34. The van der Waals surface area contributed by atoms with Crippen molar-refractivity contribution in [1.29, 1.82) is 0 Å². The first kappa shape index (κ1) is 17.6. The van der Waals surface area contributed by atoms with Gasteiger partial charge in [0.1, 0.15) is 16.1 Å². The van der Waals surface area contributed by atoms with E-state index in [-0.39, 0.29) is 33.9 Å². The number of pyridine rings is 1. The number of aromatic nitrogens is 1. The van der Waals surface area contributed by atoms with Crippen LogP contribution in [-0.4, -0.2) is 17.0 Å². The Morgan fingerprint density at radius 2 is 1.91 bits per heavy atom. The number of nitrogens with one attached hydrogen (secondary N) is 1. The molecule has 0 bridgehead atoms. The van der Waals surface area contributed by atoms with Gasteiger partial charge < -0.3 is 10.1 Å². The molecule has 0 saturated carbocycles. The molecule has 0 spiro atoms. The van der Waals surface area contributed by atoms with E-state index in [0.29, 0.717) is 0 Å². The van der Waals surface area contributed by atoms with Gasteiger partial charge in [0.25, 0.3) is 5.91 Å². The molecule has 1 aromatic heterocycles. The Kier molecular flexibility index (Phi) is 5.85. The highest BCUT2D eigenvalue weighted by atomic mass is 35.5. The van der Waals surface area contributed by atoms with Crippen LogP contribution in [0.3, 0.4) is 0 Å². The SMILES string of the molecule is CC(C)Oc1cccc(C(C)NC(=O)c2ccc(Cl)nc2Cl)c1. The summed E-state index contributed by atoms with van der Waals surface area (Å²) < 4.78 is 5.67. The van der Waals surface area contributed by atoms with E-state index in [2.05, 4.69) is 10.3 Å². The zero-order chi connectivity index (χ0) is 17.0. The first-order valence-corrected chi connectivity index (χ1v) is 8.02. The fourth-order valence-electron chi connectivity index (χ4n) is 2.07. The molecular formula is C17H18Cl2N2O2. The van der Waals surface area contributed by atoms with Crippen LogP contribution in [0.15, 0.2) is 36.4 Å². The molecule has 2 rings (SSSR count). The second kappa shape index (κ2) is 7.66. The number of amides is 1. The van der Waals surface area contributed by atoms with E-state index in [1.54, 1.807) is 6.07 Å². The number of hydrogen-bond acceptors (Lipinski definition) is 3. The van der Waals surface area contributed by atoms with E-state index in [0.717, 1.165) is 11.3 Å². The molecule has 0 aliphatic heterocycles. The van der Waals surface area contributed by atoms with Crippen molar-refractivity contribution < 1.29 is 9.53 Å². The molecule has 1 atom stereocenters. The second-order valence-electron chi connectivity index (χ2n) is 5.41. The predicted molar refractivity (Wildman–Crippen MR) is 92.3 cm³/mol. The van der Waals surface area contributed by atoms with Crippen LogP contribution in [0.25, 0.3) is 0 Å².